The molecule has 1 unspecified atom stereocenters. The zero-order valence-corrected chi connectivity index (χ0v) is 14.0. The van der Waals surface area contributed by atoms with Crippen LogP contribution in [0.5, 0.6) is 11.5 Å². The van der Waals surface area contributed by atoms with Crippen molar-refractivity contribution in [1.29, 1.82) is 0 Å². The number of hydrogen-bond acceptors (Lipinski definition) is 5. The molecule has 24 heavy (non-hydrogen) atoms. The molecule has 7 nitrogen and oxygen atoms in total. The van der Waals surface area contributed by atoms with Crippen LogP contribution in [-0.4, -0.2) is 56.1 Å². The molecule has 1 saturated heterocycles. The molecule has 130 valence electrons. The molecule has 2 rings (SSSR count). The van der Waals surface area contributed by atoms with Crippen molar-refractivity contribution in [2.24, 2.45) is 5.73 Å². The Morgan fingerprint density at radius 1 is 1.42 bits per heavy atom. The van der Waals surface area contributed by atoms with E-state index in [4.69, 9.17) is 15.2 Å². The third-order valence-electron chi connectivity index (χ3n) is 3.76. The minimum Gasteiger partial charge on any atom is -0.493 e. The topological polar surface area (TPSA) is 93.9 Å². The highest BCUT2D eigenvalue weighted by Crippen LogP contribution is 2.28. The highest BCUT2D eigenvalue weighted by atomic mass is 16.5. The summed E-state index contributed by atoms with van der Waals surface area (Å²) in [7, 11) is 1.51. The minimum absolute atomic E-state index is 0.0166. The lowest BCUT2D eigenvalue weighted by atomic mass is 10.1. The van der Waals surface area contributed by atoms with Gasteiger partial charge in [0.2, 0.25) is 5.91 Å². The van der Waals surface area contributed by atoms with E-state index in [0.717, 1.165) is 18.7 Å². The Bertz CT molecular complexity index is 630. The Morgan fingerprint density at radius 3 is 2.88 bits per heavy atom. The lowest BCUT2D eigenvalue weighted by Crippen LogP contribution is -2.51. The van der Waals surface area contributed by atoms with Crippen LogP contribution in [0.25, 0.3) is 6.08 Å². The molecule has 0 saturated carbocycles. The Balaban J connectivity index is 2.06. The van der Waals surface area contributed by atoms with Crippen molar-refractivity contribution in [1.82, 2.24) is 10.2 Å². The summed E-state index contributed by atoms with van der Waals surface area (Å²) < 4.78 is 10.5. The standard InChI is InChI=1S/C17H23N3O4/c1-12-10-19-7-8-20(12)17(22)6-4-13-3-5-14(15(9-13)23-2)24-11-16(18)21/h3-6,9,12,19H,7-8,10-11H2,1-2H3,(H2,18,21)/b6-4+. The number of benzene rings is 1. The first kappa shape index (κ1) is 17.8. The summed E-state index contributed by atoms with van der Waals surface area (Å²) in [5.74, 6) is 0.325. The van der Waals surface area contributed by atoms with E-state index in [0.29, 0.717) is 18.0 Å². The summed E-state index contributed by atoms with van der Waals surface area (Å²) in [5, 5.41) is 3.25. The maximum Gasteiger partial charge on any atom is 0.255 e. The molecule has 7 heteroatoms. The molecular weight excluding hydrogens is 310 g/mol. The molecule has 1 aromatic rings. The van der Waals surface area contributed by atoms with Gasteiger partial charge in [-0.3, -0.25) is 9.59 Å². The van der Waals surface area contributed by atoms with Crippen molar-refractivity contribution >= 4 is 17.9 Å². The number of nitrogens with zero attached hydrogens (tertiary/aromatic N) is 1. The number of amides is 2. The molecule has 2 amide bonds. The highest BCUT2D eigenvalue weighted by Gasteiger charge is 2.20. The van der Waals surface area contributed by atoms with Gasteiger partial charge in [0.25, 0.3) is 5.91 Å². The smallest absolute Gasteiger partial charge is 0.255 e. The molecule has 0 bridgehead atoms. The Hall–Kier alpha value is -2.54. The predicted octanol–water partition coefficient (Wildman–Crippen LogP) is 0.393. The van der Waals surface area contributed by atoms with Gasteiger partial charge in [-0.25, -0.2) is 0 Å². The van der Waals surface area contributed by atoms with E-state index < -0.39 is 5.91 Å². The first-order chi connectivity index (χ1) is 11.5. The van der Waals surface area contributed by atoms with Crippen molar-refractivity contribution in [2.45, 2.75) is 13.0 Å². The molecule has 0 spiro atoms. The summed E-state index contributed by atoms with van der Waals surface area (Å²) in [6, 6.07) is 5.37. The molecule has 1 fully saturated rings. The van der Waals surface area contributed by atoms with E-state index in [9.17, 15) is 9.59 Å². The van der Waals surface area contributed by atoms with Gasteiger partial charge in [0.15, 0.2) is 18.1 Å². The number of piperazine rings is 1. The monoisotopic (exact) mass is 333 g/mol. The van der Waals surface area contributed by atoms with E-state index in [1.54, 1.807) is 30.4 Å². The van der Waals surface area contributed by atoms with Crippen LogP contribution in [0.4, 0.5) is 0 Å². The lowest BCUT2D eigenvalue weighted by molar-refractivity contribution is -0.128. The lowest BCUT2D eigenvalue weighted by Gasteiger charge is -2.33. The summed E-state index contributed by atoms with van der Waals surface area (Å²) in [5.41, 5.74) is 5.86. The maximum absolute atomic E-state index is 12.3. The van der Waals surface area contributed by atoms with Gasteiger partial charge in [-0.2, -0.15) is 0 Å². The molecular formula is C17H23N3O4. The van der Waals surface area contributed by atoms with Crippen LogP contribution in [0, 0.1) is 0 Å². The zero-order chi connectivity index (χ0) is 17.5. The summed E-state index contributed by atoms with van der Waals surface area (Å²) >= 11 is 0. The van der Waals surface area contributed by atoms with E-state index in [1.807, 2.05) is 11.8 Å². The van der Waals surface area contributed by atoms with Gasteiger partial charge in [0, 0.05) is 31.8 Å². The number of rotatable bonds is 6. The first-order valence-electron chi connectivity index (χ1n) is 7.80. The number of hydrogen-bond donors (Lipinski definition) is 2. The second kappa shape index (κ2) is 8.35. The maximum atomic E-state index is 12.3. The normalized spacial score (nSPS) is 17.8. The molecule has 1 heterocycles. The van der Waals surface area contributed by atoms with Crippen LogP contribution >= 0.6 is 0 Å². The molecule has 1 atom stereocenters. The largest absolute Gasteiger partial charge is 0.493 e. The van der Waals surface area contributed by atoms with Gasteiger partial charge in [-0.1, -0.05) is 6.07 Å². The molecule has 0 radical (unpaired) electrons. The molecule has 1 aliphatic rings. The second-order valence-electron chi connectivity index (χ2n) is 5.58. The van der Waals surface area contributed by atoms with Gasteiger partial charge in [-0.05, 0) is 30.7 Å². The van der Waals surface area contributed by atoms with Crippen molar-refractivity contribution in [3.05, 3.63) is 29.8 Å². The average molecular weight is 333 g/mol. The van der Waals surface area contributed by atoms with E-state index in [2.05, 4.69) is 5.32 Å². The summed E-state index contributed by atoms with van der Waals surface area (Å²) in [6.07, 6.45) is 3.29. The second-order valence-corrected chi connectivity index (χ2v) is 5.58. The Labute approximate surface area is 141 Å². The van der Waals surface area contributed by atoms with Crippen molar-refractivity contribution in [3.8, 4) is 11.5 Å². The molecule has 3 N–H and O–H groups in total. The van der Waals surface area contributed by atoms with Gasteiger partial charge in [0.05, 0.1) is 7.11 Å². The Morgan fingerprint density at radius 2 is 2.21 bits per heavy atom. The number of primary amides is 1. The highest BCUT2D eigenvalue weighted by molar-refractivity contribution is 5.92. The quantitative estimate of drug-likeness (QED) is 0.735. The van der Waals surface area contributed by atoms with Crippen LogP contribution in [0.15, 0.2) is 24.3 Å². The van der Waals surface area contributed by atoms with Gasteiger partial charge in [0.1, 0.15) is 0 Å². The third-order valence-corrected chi connectivity index (χ3v) is 3.76. The van der Waals surface area contributed by atoms with E-state index in [-0.39, 0.29) is 18.6 Å². The van der Waals surface area contributed by atoms with Crippen LogP contribution in [0.1, 0.15) is 12.5 Å². The minimum atomic E-state index is -0.559. The summed E-state index contributed by atoms with van der Waals surface area (Å²) in [6.45, 7) is 4.12. The number of nitrogens with two attached hydrogens (primary N) is 1. The molecule has 0 aromatic heterocycles. The van der Waals surface area contributed by atoms with Crippen LogP contribution < -0.4 is 20.5 Å². The van der Waals surface area contributed by atoms with Gasteiger partial charge in [-0.15, -0.1) is 0 Å². The van der Waals surface area contributed by atoms with Crippen molar-refractivity contribution in [3.63, 3.8) is 0 Å². The predicted molar refractivity (Wildman–Crippen MR) is 90.8 cm³/mol. The van der Waals surface area contributed by atoms with Gasteiger partial charge >= 0.3 is 0 Å². The van der Waals surface area contributed by atoms with Crippen LogP contribution in [0.3, 0.4) is 0 Å². The fourth-order valence-corrected chi connectivity index (χ4v) is 2.49. The first-order valence-corrected chi connectivity index (χ1v) is 7.80. The number of nitrogens with one attached hydrogen (secondary N) is 1. The number of ether oxygens (including phenoxy) is 2. The molecule has 0 aliphatic carbocycles. The average Bonchev–Trinajstić information content (AvgIpc) is 2.58. The number of carbonyl (C=O) groups is 2. The fraction of sp³-hybridized carbons (Fsp3) is 0.412. The van der Waals surface area contributed by atoms with Crippen molar-refractivity contribution in [2.75, 3.05) is 33.4 Å². The molecule has 1 aromatic carbocycles. The van der Waals surface area contributed by atoms with E-state index >= 15 is 0 Å². The van der Waals surface area contributed by atoms with Gasteiger partial charge < -0.3 is 25.4 Å². The van der Waals surface area contributed by atoms with E-state index in [1.165, 1.54) is 7.11 Å². The fourth-order valence-electron chi connectivity index (χ4n) is 2.49. The summed E-state index contributed by atoms with van der Waals surface area (Å²) in [4.78, 5) is 24.9. The van der Waals surface area contributed by atoms with Crippen molar-refractivity contribution < 1.29 is 19.1 Å². The third kappa shape index (κ3) is 4.73. The zero-order valence-electron chi connectivity index (χ0n) is 14.0. The SMILES string of the molecule is COc1cc(/C=C/C(=O)N2CCNCC2C)ccc1OCC(N)=O. The van der Waals surface area contributed by atoms with Crippen LogP contribution in [0.2, 0.25) is 0 Å². The number of methoxy groups -OCH3 is 1. The number of carbonyl (C=O) groups excluding carboxylic acids is 2. The van der Waals surface area contributed by atoms with Crippen LogP contribution in [-0.2, 0) is 9.59 Å². The Kier molecular flexibility index (Phi) is 6.20. The molecule has 1 aliphatic heterocycles.